The summed E-state index contributed by atoms with van der Waals surface area (Å²) in [6, 6.07) is 10.0. The lowest BCUT2D eigenvalue weighted by Crippen LogP contribution is -2.40. The van der Waals surface area contributed by atoms with Crippen LogP contribution in [-0.4, -0.2) is 50.5 Å². The van der Waals surface area contributed by atoms with Gasteiger partial charge in [-0.1, -0.05) is 11.3 Å². The lowest BCUT2D eigenvalue weighted by molar-refractivity contribution is -0.384. The molecule has 0 bridgehead atoms. The van der Waals surface area contributed by atoms with Gasteiger partial charge in [0.2, 0.25) is 5.75 Å². The van der Waals surface area contributed by atoms with E-state index < -0.39 is 22.5 Å². The van der Waals surface area contributed by atoms with Crippen LogP contribution in [0.5, 0.6) is 23.0 Å². The number of nitro benzene ring substituents is 1. The maximum atomic E-state index is 14.0. The first-order chi connectivity index (χ1) is 21.6. The van der Waals surface area contributed by atoms with E-state index >= 15 is 0 Å². The highest BCUT2D eigenvalue weighted by Gasteiger charge is 2.35. The molecule has 13 nitrogen and oxygen atoms in total. The van der Waals surface area contributed by atoms with Gasteiger partial charge in [-0.3, -0.25) is 19.5 Å². The molecular weight excluding hydrogens is 606 g/mol. The average molecular weight is 636 g/mol. The van der Waals surface area contributed by atoms with E-state index in [4.69, 9.17) is 28.1 Å². The topological polar surface area (TPSA) is 154 Å². The molecule has 0 radical (unpaired) electrons. The molecule has 3 heterocycles. The predicted molar refractivity (Wildman–Crippen MR) is 164 cm³/mol. The van der Waals surface area contributed by atoms with Gasteiger partial charge in [0.15, 0.2) is 16.3 Å². The average Bonchev–Trinajstić information content (AvgIpc) is 3.62. The number of furan rings is 1. The number of methoxy groups -OCH3 is 4. The molecule has 45 heavy (non-hydrogen) atoms. The molecule has 0 amide bonds. The molecule has 2 aromatic carbocycles. The molecule has 0 spiro atoms. The summed E-state index contributed by atoms with van der Waals surface area (Å²) in [6.45, 7) is 3.49. The van der Waals surface area contributed by atoms with Crippen LogP contribution in [0.15, 0.2) is 67.9 Å². The second-order valence-electron chi connectivity index (χ2n) is 9.60. The number of nitrogens with zero attached hydrogens (tertiary/aromatic N) is 3. The smallest absolute Gasteiger partial charge is 0.338 e. The summed E-state index contributed by atoms with van der Waals surface area (Å²) in [6.07, 6.45) is 1.53. The van der Waals surface area contributed by atoms with E-state index in [0.717, 1.165) is 11.3 Å². The van der Waals surface area contributed by atoms with Gasteiger partial charge < -0.3 is 28.1 Å². The maximum absolute atomic E-state index is 14.0. The first-order valence-corrected chi connectivity index (χ1v) is 14.4. The Bertz CT molecular complexity index is 2000. The van der Waals surface area contributed by atoms with Crippen molar-refractivity contribution < 1.29 is 37.8 Å². The van der Waals surface area contributed by atoms with Gasteiger partial charge in [-0.25, -0.2) is 9.79 Å². The molecule has 0 saturated heterocycles. The Morgan fingerprint density at radius 3 is 2.38 bits per heavy atom. The van der Waals surface area contributed by atoms with Gasteiger partial charge in [-0.2, -0.15) is 0 Å². The number of hydrogen-bond acceptors (Lipinski definition) is 12. The van der Waals surface area contributed by atoms with E-state index in [-0.39, 0.29) is 39.5 Å². The summed E-state index contributed by atoms with van der Waals surface area (Å²) in [5.41, 5.74) is 0.673. The van der Waals surface area contributed by atoms with Crippen LogP contribution in [0.25, 0.3) is 17.4 Å². The van der Waals surface area contributed by atoms with Gasteiger partial charge in [0.1, 0.15) is 17.3 Å². The van der Waals surface area contributed by atoms with E-state index in [0.29, 0.717) is 39.1 Å². The summed E-state index contributed by atoms with van der Waals surface area (Å²) in [7, 11) is 5.84. The number of ether oxygens (including phenoxy) is 5. The van der Waals surface area contributed by atoms with Crippen LogP contribution in [0, 0.1) is 10.1 Å². The Hall–Kier alpha value is -5.37. The fourth-order valence-corrected chi connectivity index (χ4v) is 6.10. The minimum Gasteiger partial charge on any atom is -0.497 e. The van der Waals surface area contributed by atoms with Crippen molar-refractivity contribution in [3.63, 3.8) is 0 Å². The molecule has 0 fully saturated rings. The molecule has 0 unspecified atom stereocenters. The zero-order valence-corrected chi connectivity index (χ0v) is 26.1. The molecule has 1 aliphatic heterocycles. The highest BCUT2D eigenvalue weighted by Crippen LogP contribution is 2.42. The molecule has 0 aliphatic carbocycles. The summed E-state index contributed by atoms with van der Waals surface area (Å²) in [4.78, 5) is 43.4. The normalized spacial score (nSPS) is 14.4. The Morgan fingerprint density at radius 2 is 1.78 bits per heavy atom. The molecule has 0 N–H and O–H groups in total. The Balaban J connectivity index is 1.68. The summed E-state index contributed by atoms with van der Waals surface area (Å²) >= 11 is 1.10. The van der Waals surface area contributed by atoms with Gasteiger partial charge in [0, 0.05) is 6.08 Å². The molecule has 234 valence electrons. The van der Waals surface area contributed by atoms with E-state index in [2.05, 4.69) is 4.99 Å². The van der Waals surface area contributed by atoms with E-state index in [1.807, 2.05) is 0 Å². The van der Waals surface area contributed by atoms with Crippen LogP contribution >= 0.6 is 11.3 Å². The third-order valence-electron chi connectivity index (χ3n) is 7.09. The van der Waals surface area contributed by atoms with Gasteiger partial charge in [-0.05, 0) is 55.8 Å². The highest BCUT2D eigenvalue weighted by molar-refractivity contribution is 7.07. The minimum atomic E-state index is -0.940. The number of aromatic nitrogens is 1. The van der Waals surface area contributed by atoms with Crippen molar-refractivity contribution in [1.82, 2.24) is 4.57 Å². The quantitative estimate of drug-likeness (QED) is 0.142. The molecule has 5 rings (SSSR count). The Labute approximate surface area is 260 Å². The first-order valence-electron chi connectivity index (χ1n) is 13.6. The Morgan fingerprint density at radius 1 is 1.07 bits per heavy atom. The fraction of sp³-hybridized carbons (Fsp3) is 0.258. The van der Waals surface area contributed by atoms with Crippen molar-refractivity contribution in [1.29, 1.82) is 0 Å². The van der Waals surface area contributed by atoms with Crippen LogP contribution in [0.1, 0.15) is 31.2 Å². The monoisotopic (exact) mass is 635 g/mol. The fourth-order valence-electron chi connectivity index (χ4n) is 5.07. The molecule has 1 aliphatic rings. The van der Waals surface area contributed by atoms with Crippen LogP contribution in [0.2, 0.25) is 0 Å². The number of carbonyl (C=O) groups is 1. The maximum Gasteiger partial charge on any atom is 0.338 e. The summed E-state index contributed by atoms with van der Waals surface area (Å²) < 4.78 is 34.6. The van der Waals surface area contributed by atoms with Crippen molar-refractivity contribution in [2.45, 2.75) is 19.9 Å². The number of hydrogen-bond donors (Lipinski definition) is 0. The van der Waals surface area contributed by atoms with Gasteiger partial charge in [0.05, 0.1) is 73.4 Å². The van der Waals surface area contributed by atoms with Crippen molar-refractivity contribution in [2.24, 2.45) is 4.99 Å². The van der Waals surface area contributed by atoms with Crippen molar-refractivity contribution in [2.75, 3.05) is 35.0 Å². The zero-order valence-electron chi connectivity index (χ0n) is 25.2. The number of fused-ring (bicyclic) bond motifs is 1. The molecule has 4 aromatic rings. The number of rotatable bonds is 10. The van der Waals surface area contributed by atoms with Gasteiger partial charge >= 0.3 is 5.97 Å². The standard InChI is InChI=1S/C31H29N3O10S/c1-7-43-30(36)26-16(2)32-31-33(27(26)17-12-23(40-4)28(42-6)24(13-17)41-5)29(35)25(45-31)15-19-9-11-22(44-19)20-10-8-18(39-3)14-21(20)34(37)38/h8-15,27H,7H2,1-6H3/b25-15-/t27-/m0/s1. The predicted octanol–water partition coefficient (Wildman–Crippen LogP) is 4.00. The number of allylic oxidation sites excluding steroid dienone is 1. The van der Waals surface area contributed by atoms with Crippen molar-refractivity contribution >= 4 is 29.1 Å². The second kappa shape index (κ2) is 12.7. The number of benzene rings is 2. The Kier molecular flexibility index (Phi) is 8.77. The number of nitro groups is 1. The molecule has 1 atom stereocenters. The molecular formula is C31H29N3O10S. The minimum absolute atomic E-state index is 0.120. The highest BCUT2D eigenvalue weighted by atomic mass is 32.1. The van der Waals surface area contributed by atoms with Gasteiger partial charge in [-0.15, -0.1) is 0 Å². The van der Waals surface area contributed by atoms with Crippen LogP contribution in [0.3, 0.4) is 0 Å². The lowest BCUT2D eigenvalue weighted by Gasteiger charge is -2.26. The third kappa shape index (κ3) is 5.67. The second-order valence-corrected chi connectivity index (χ2v) is 10.6. The number of carbonyl (C=O) groups excluding carboxylic acids is 1. The van der Waals surface area contributed by atoms with Crippen molar-refractivity contribution in [3.05, 3.63) is 94.9 Å². The van der Waals surface area contributed by atoms with E-state index in [1.54, 1.807) is 44.2 Å². The largest absolute Gasteiger partial charge is 0.497 e. The van der Waals surface area contributed by atoms with E-state index in [1.165, 1.54) is 51.2 Å². The summed E-state index contributed by atoms with van der Waals surface area (Å²) in [5, 5.41) is 11.7. The first kappa shape index (κ1) is 31.1. The molecule has 2 aromatic heterocycles. The van der Waals surface area contributed by atoms with Crippen LogP contribution in [0.4, 0.5) is 5.69 Å². The van der Waals surface area contributed by atoms with E-state index in [9.17, 15) is 19.7 Å². The van der Waals surface area contributed by atoms with Crippen molar-refractivity contribution in [3.8, 4) is 34.3 Å². The molecule has 0 saturated carbocycles. The van der Waals surface area contributed by atoms with Crippen LogP contribution in [-0.2, 0) is 9.53 Å². The summed E-state index contributed by atoms with van der Waals surface area (Å²) in [5.74, 6) is 1.25. The van der Waals surface area contributed by atoms with Gasteiger partial charge in [0.25, 0.3) is 11.2 Å². The number of thiazole rings is 1. The SMILES string of the molecule is CCOC(=O)C1=C(C)N=c2s/c(=C\c3ccc(-c4ccc(OC)cc4[N+](=O)[O-])o3)c(=O)n2[C@H]1c1cc(OC)c(OC)c(OC)c1. The number of esters is 1. The van der Waals surface area contributed by atoms with Crippen LogP contribution < -0.4 is 33.8 Å². The lowest BCUT2D eigenvalue weighted by atomic mass is 9.95. The third-order valence-corrected chi connectivity index (χ3v) is 8.07. The molecule has 14 heteroatoms. The zero-order chi connectivity index (χ0) is 32.4.